The second kappa shape index (κ2) is 8.12. The summed E-state index contributed by atoms with van der Waals surface area (Å²) in [4.78, 5) is 24.9. The molecule has 0 aliphatic carbocycles. The molecular formula is C20H23N3O4S. The molecule has 3 rings (SSSR count). The maximum Gasteiger partial charge on any atom is 0.243 e. The third-order valence-electron chi connectivity index (χ3n) is 4.62. The van der Waals surface area contributed by atoms with Crippen molar-refractivity contribution in [1.29, 1.82) is 0 Å². The van der Waals surface area contributed by atoms with E-state index in [1.807, 2.05) is 26.0 Å². The van der Waals surface area contributed by atoms with E-state index >= 15 is 0 Å². The van der Waals surface area contributed by atoms with Crippen LogP contribution < -0.4 is 10.6 Å². The topological polar surface area (TPSA) is 95.6 Å². The fourth-order valence-electron chi connectivity index (χ4n) is 3.05. The molecule has 0 spiro atoms. The average molecular weight is 401 g/mol. The highest BCUT2D eigenvalue weighted by Crippen LogP contribution is 2.22. The number of nitrogens with one attached hydrogen (secondary N) is 2. The first-order valence-corrected chi connectivity index (χ1v) is 10.4. The minimum absolute atomic E-state index is 0.108. The lowest BCUT2D eigenvalue weighted by molar-refractivity contribution is -0.130. The summed E-state index contributed by atoms with van der Waals surface area (Å²) in [6, 6.07) is 12.6. The summed E-state index contributed by atoms with van der Waals surface area (Å²) < 4.78 is 27.2. The molecule has 2 N–H and O–H groups in total. The zero-order chi connectivity index (χ0) is 20.3. The van der Waals surface area contributed by atoms with Gasteiger partial charge in [0.2, 0.25) is 21.8 Å². The molecule has 1 fully saturated rings. The first-order chi connectivity index (χ1) is 13.3. The van der Waals surface area contributed by atoms with Gasteiger partial charge in [0.1, 0.15) is 6.04 Å². The fraction of sp³-hybridized carbons (Fsp3) is 0.300. The lowest BCUT2D eigenvalue weighted by atomic mass is 10.1. The van der Waals surface area contributed by atoms with E-state index in [0.29, 0.717) is 5.69 Å². The molecule has 0 aromatic heterocycles. The number of anilines is 1. The van der Waals surface area contributed by atoms with Gasteiger partial charge in [-0.2, -0.15) is 4.31 Å². The first kappa shape index (κ1) is 20.0. The molecule has 28 heavy (non-hydrogen) atoms. The van der Waals surface area contributed by atoms with Crippen LogP contribution in [0.3, 0.4) is 0 Å². The van der Waals surface area contributed by atoms with Crippen LogP contribution in [0.4, 0.5) is 5.69 Å². The fourth-order valence-corrected chi connectivity index (χ4v) is 4.63. The number of hydrogen-bond acceptors (Lipinski definition) is 4. The Balaban J connectivity index is 1.80. The summed E-state index contributed by atoms with van der Waals surface area (Å²) in [6.45, 7) is 4.12. The van der Waals surface area contributed by atoms with Crippen molar-refractivity contribution in [2.45, 2.75) is 31.2 Å². The third-order valence-corrected chi connectivity index (χ3v) is 6.55. The van der Waals surface area contributed by atoms with Gasteiger partial charge in [0.15, 0.2) is 0 Å². The molecule has 1 atom stereocenters. The van der Waals surface area contributed by atoms with Gasteiger partial charge in [-0.1, -0.05) is 35.4 Å². The predicted molar refractivity (Wildman–Crippen MR) is 106 cm³/mol. The Morgan fingerprint density at radius 1 is 1.07 bits per heavy atom. The van der Waals surface area contributed by atoms with Crippen molar-refractivity contribution >= 4 is 27.5 Å². The van der Waals surface area contributed by atoms with Gasteiger partial charge in [0.25, 0.3) is 0 Å². The van der Waals surface area contributed by atoms with Gasteiger partial charge in [-0.3, -0.25) is 9.59 Å². The third kappa shape index (κ3) is 4.40. The van der Waals surface area contributed by atoms with Crippen LogP contribution in [-0.2, 0) is 19.6 Å². The molecule has 1 saturated heterocycles. The van der Waals surface area contributed by atoms with Crippen LogP contribution in [0.5, 0.6) is 0 Å². The van der Waals surface area contributed by atoms with Crippen LogP contribution in [0.1, 0.15) is 17.5 Å². The first-order valence-electron chi connectivity index (χ1n) is 9.00. The van der Waals surface area contributed by atoms with E-state index in [1.165, 1.54) is 12.1 Å². The van der Waals surface area contributed by atoms with Crippen molar-refractivity contribution in [2.24, 2.45) is 0 Å². The lowest BCUT2D eigenvalue weighted by Crippen LogP contribution is -2.57. The summed E-state index contributed by atoms with van der Waals surface area (Å²) in [6.07, 6.45) is -0.259. The molecule has 0 bridgehead atoms. The van der Waals surface area contributed by atoms with Crippen molar-refractivity contribution in [3.8, 4) is 0 Å². The van der Waals surface area contributed by atoms with Gasteiger partial charge in [-0.25, -0.2) is 8.42 Å². The highest BCUT2D eigenvalue weighted by atomic mass is 32.2. The molecule has 2 amide bonds. The van der Waals surface area contributed by atoms with Crippen LogP contribution in [0.2, 0.25) is 0 Å². The molecule has 1 heterocycles. The number of aryl methyl sites for hydroxylation is 2. The monoisotopic (exact) mass is 401 g/mol. The van der Waals surface area contributed by atoms with Gasteiger partial charge < -0.3 is 10.6 Å². The number of amides is 2. The summed E-state index contributed by atoms with van der Waals surface area (Å²) in [5.41, 5.74) is 2.59. The predicted octanol–water partition coefficient (Wildman–Crippen LogP) is 1.82. The summed E-state index contributed by atoms with van der Waals surface area (Å²) in [7, 11) is -3.89. The average Bonchev–Trinajstić information content (AvgIpc) is 2.65. The van der Waals surface area contributed by atoms with E-state index in [2.05, 4.69) is 10.6 Å². The van der Waals surface area contributed by atoms with Crippen LogP contribution in [0.15, 0.2) is 53.4 Å². The molecule has 7 nitrogen and oxygen atoms in total. The largest absolute Gasteiger partial charge is 0.353 e. The summed E-state index contributed by atoms with van der Waals surface area (Å²) in [5, 5.41) is 5.36. The van der Waals surface area contributed by atoms with Crippen LogP contribution >= 0.6 is 0 Å². The number of sulfonamides is 1. The van der Waals surface area contributed by atoms with E-state index in [9.17, 15) is 18.0 Å². The number of nitrogens with zero attached hydrogens (tertiary/aromatic N) is 1. The van der Waals surface area contributed by atoms with Gasteiger partial charge in [-0.15, -0.1) is 0 Å². The van der Waals surface area contributed by atoms with Gasteiger partial charge in [-0.05, 0) is 38.1 Å². The van der Waals surface area contributed by atoms with Crippen molar-refractivity contribution < 1.29 is 18.0 Å². The minimum atomic E-state index is -3.89. The molecule has 2 aromatic carbocycles. The molecule has 1 aliphatic heterocycles. The number of rotatable bonds is 5. The normalized spacial score (nSPS) is 17.8. The number of piperazine rings is 1. The Bertz CT molecular complexity index is 970. The maximum absolute atomic E-state index is 13.0. The van der Waals surface area contributed by atoms with Gasteiger partial charge >= 0.3 is 0 Å². The second-order valence-electron chi connectivity index (χ2n) is 6.85. The van der Waals surface area contributed by atoms with Crippen molar-refractivity contribution in [1.82, 2.24) is 9.62 Å². The van der Waals surface area contributed by atoms with E-state index in [4.69, 9.17) is 0 Å². The second-order valence-corrected chi connectivity index (χ2v) is 8.74. The van der Waals surface area contributed by atoms with Crippen molar-refractivity contribution in [2.75, 3.05) is 18.4 Å². The number of benzene rings is 2. The molecular weight excluding hydrogens is 378 g/mol. The Hall–Kier alpha value is -2.71. The maximum atomic E-state index is 13.0. The smallest absolute Gasteiger partial charge is 0.243 e. The lowest BCUT2D eigenvalue weighted by Gasteiger charge is -2.33. The SMILES string of the molecule is Cc1ccc(NC(=O)CC2C(=O)NCCN2S(=O)(=O)c2ccc(C)cc2)cc1. The van der Waals surface area contributed by atoms with Crippen LogP contribution in [0, 0.1) is 13.8 Å². The van der Waals surface area contributed by atoms with Crippen LogP contribution in [0.25, 0.3) is 0 Å². The molecule has 148 valence electrons. The van der Waals surface area contributed by atoms with Gasteiger partial charge in [0.05, 0.1) is 11.3 Å². The zero-order valence-corrected chi connectivity index (χ0v) is 16.6. The van der Waals surface area contributed by atoms with E-state index in [-0.39, 0.29) is 24.4 Å². The van der Waals surface area contributed by atoms with Crippen molar-refractivity contribution in [3.63, 3.8) is 0 Å². The molecule has 0 saturated carbocycles. The molecule has 1 unspecified atom stereocenters. The zero-order valence-electron chi connectivity index (χ0n) is 15.8. The van der Waals surface area contributed by atoms with E-state index in [1.54, 1.807) is 24.3 Å². The highest BCUT2D eigenvalue weighted by Gasteiger charge is 2.39. The van der Waals surface area contributed by atoms with Gasteiger partial charge in [0, 0.05) is 18.8 Å². The number of carbonyl (C=O) groups excluding carboxylic acids is 2. The Morgan fingerprint density at radius 3 is 2.25 bits per heavy atom. The highest BCUT2D eigenvalue weighted by molar-refractivity contribution is 7.89. The Kier molecular flexibility index (Phi) is 5.81. The summed E-state index contributed by atoms with van der Waals surface area (Å²) >= 11 is 0. The van der Waals surface area contributed by atoms with E-state index < -0.39 is 27.9 Å². The molecule has 8 heteroatoms. The molecule has 0 radical (unpaired) electrons. The number of hydrogen-bond donors (Lipinski definition) is 2. The minimum Gasteiger partial charge on any atom is -0.353 e. The van der Waals surface area contributed by atoms with E-state index in [0.717, 1.165) is 15.4 Å². The summed E-state index contributed by atoms with van der Waals surface area (Å²) in [5.74, 6) is -0.893. The number of carbonyl (C=O) groups is 2. The Morgan fingerprint density at radius 2 is 1.64 bits per heavy atom. The molecule has 1 aliphatic rings. The Labute approximate surface area is 164 Å². The van der Waals surface area contributed by atoms with Crippen molar-refractivity contribution in [3.05, 3.63) is 59.7 Å². The quantitative estimate of drug-likeness (QED) is 0.799. The standard InChI is InChI=1S/C20H23N3O4S/c1-14-3-7-16(8-4-14)22-19(24)13-18-20(25)21-11-12-23(18)28(26,27)17-9-5-15(2)6-10-17/h3-10,18H,11-13H2,1-2H3,(H,21,25)(H,22,24). The molecule has 2 aromatic rings. The van der Waals surface area contributed by atoms with Crippen LogP contribution in [-0.4, -0.2) is 43.7 Å².